The maximum Gasteiger partial charge on any atom is 0.341 e. The number of anilines is 1. The molecule has 1 aromatic heterocycles. The molecule has 3 rings (SSSR count). The zero-order valence-electron chi connectivity index (χ0n) is 15.4. The summed E-state index contributed by atoms with van der Waals surface area (Å²) in [6.07, 6.45) is 6.08. The van der Waals surface area contributed by atoms with E-state index < -0.39 is 0 Å². The summed E-state index contributed by atoms with van der Waals surface area (Å²) < 4.78 is 6.22. The zero-order valence-corrected chi connectivity index (χ0v) is 17.8. The van der Waals surface area contributed by atoms with Crippen LogP contribution in [0.2, 0.25) is 0 Å². The van der Waals surface area contributed by atoms with Crippen molar-refractivity contribution in [3.05, 3.63) is 56.4 Å². The Bertz CT molecular complexity index is 870. The highest BCUT2D eigenvalue weighted by molar-refractivity contribution is 9.10. The molecule has 0 spiro atoms. The van der Waals surface area contributed by atoms with E-state index in [0.717, 1.165) is 34.9 Å². The molecule has 0 aliphatic heterocycles. The summed E-state index contributed by atoms with van der Waals surface area (Å²) in [5, 5.41) is 3.48. The number of fused-ring (bicyclic) bond motifs is 1. The highest BCUT2D eigenvalue weighted by atomic mass is 79.9. The Kier molecular flexibility index (Phi) is 6.50. The molecule has 4 nitrogen and oxygen atoms in total. The molecule has 2 aromatic rings. The van der Waals surface area contributed by atoms with E-state index in [1.165, 1.54) is 22.3 Å². The number of ether oxygens (including phenoxy) is 1. The molecular weight excluding hydrogens is 426 g/mol. The molecule has 1 amide bonds. The Balaban J connectivity index is 1.81. The van der Waals surface area contributed by atoms with Gasteiger partial charge in [0, 0.05) is 15.4 Å². The van der Waals surface area contributed by atoms with Crippen molar-refractivity contribution in [2.45, 2.75) is 33.1 Å². The third-order valence-corrected chi connectivity index (χ3v) is 6.22. The molecule has 142 valence electrons. The van der Waals surface area contributed by atoms with Gasteiger partial charge < -0.3 is 10.1 Å². The van der Waals surface area contributed by atoms with Gasteiger partial charge in [-0.3, -0.25) is 4.79 Å². The number of carbonyl (C=O) groups is 2. The second-order valence-electron chi connectivity index (χ2n) is 6.65. The number of hydrogen-bond acceptors (Lipinski definition) is 4. The van der Waals surface area contributed by atoms with Crippen LogP contribution >= 0.6 is 27.3 Å². The van der Waals surface area contributed by atoms with Crippen LogP contribution in [0.5, 0.6) is 0 Å². The summed E-state index contributed by atoms with van der Waals surface area (Å²) in [6.45, 7) is 4.32. The van der Waals surface area contributed by atoms with E-state index in [2.05, 4.69) is 28.2 Å². The second-order valence-corrected chi connectivity index (χ2v) is 8.67. The molecule has 1 aromatic carbocycles. The van der Waals surface area contributed by atoms with Crippen LogP contribution in [0.1, 0.15) is 46.6 Å². The van der Waals surface area contributed by atoms with Gasteiger partial charge in [0.05, 0.1) is 12.2 Å². The van der Waals surface area contributed by atoms with Gasteiger partial charge in [0.15, 0.2) is 0 Å². The topological polar surface area (TPSA) is 55.4 Å². The lowest BCUT2D eigenvalue weighted by atomic mass is 9.88. The van der Waals surface area contributed by atoms with Gasteiger partial charge in [0.25, 0.3) is 0 Å². The van der Waals surface area contributed by atoms with E-state index in [-0.39, 0.29) is 11.9 Å². The Morgan fingerprint density at radius 1 is 1.33 bits per heavy atom. The maximum atomic E-state index is 12.5. The number of benzene rings is 1. The standard InChI is InChI=1S/C21H22BrNO3S/c1-3-26-21(25)19-16-10-4-13(2)12-17(16)27-20(19)23-18(24)11-7-14-5-8-15(22)9-6-14/h5-9,11,13H,3-4,10,12H2,1-2H3,(H,23,24). The monoisotopic (exact) mass is 447 g/mol. The lowest BCUT2D eigenvalue weighted by Gasteiger charge is -2.18. The van der Waals surface area contributed by atoms with Crippen LogP contribution in [-0.4, -0.2) is 18.5 Å². The molecule has 0 fully saturated rings. The van der Waals surface area contributed by atoms with Crippen LogP contribution in [-0.2, 0) is 22.4 Å². The highest BCUT2D eigenvalue weighted by Gasteiger charge is 2.28. The molecule has 1 heterocycles. The van der Waals surface area contributed by atoms with Gasteiger partial charge in [-0.2, -0.15) is 0 Å². The molecular formula is C21H22BrNO3S. The van der Waals surface area contributed by atoms with Crippen LogP contribution in [0.3, 0.4) is 0 Å². The Morgan fingerprint density at radius 3 is 2.78 bits per heavy atom. The van der Waals surface area contributed by atoms with Crippen molar-refractivity contribution in [3.8, 4) is 0 Å². The quantitative estimate of drug-likeness (QED) is 0.488. The SMILES string of the molecule is CCOC(=O)c1c(NC(=O)C=Cc2ccc(Br)cc2)sc2c1CCC(C)C2. The van der Waals surface area contributed by atoms with Crippen LogP contribution < -0.4 is 5.32 Å². The second kappa shape index (κ2) is 8.85. The molecule has 0 saturated heterocycles. The lowest BCUT2D eigenvalue weighted by Crippen LogP contribution is -2.15. The minimum Gasteiger partial charge on any atom is -0.462 e. The number of esters is 1. The molecule has 0 bridgehead atoms. The molecule has 0 saturated carbocycles. The fourth-order valence-corrected chi connectivity index (χ4v) is 4.82. The first kappa shape index (κ1) is 19.8. The summed E-state index contributed by atoms with van der Waals surface area (Å²) >= 11 is 4.89. The third-order valence-electron chi connectivity index (χ3n) is 4.53. The van der Waals surface area contributed by atoms with E-state index >= 15 is 0 Å². The molecule has 6 heteroatoms. The van der Waals surface area contributed by atoms with Crippen LogP contribution in [0.4, 0.5) is 5.00 Å². The summed E-state index contributed by atoms with van der Waals surface area (Å²) in [6, 6.07) is 7.68. The van der Waals surface area contributed by atoms with E-state index in [0.29, 0.717) is 23.1 Å². The number of amides is 1. The third kappa shape index (κ3) is 4.87. The number of hydrogen-bond donors (Lipinski definition) is 1. The number of halogens is 1. The Labute approximate surface area is 171 Å². The highest BCUT2D eigenvalue weighted by Crippen LogP contribution is 2.40. The van der Waals surface area contributed by atoms with Crippen molar-refractivity contribution in [2.24, 2.45) is 5.92 Å². The normalized spacial score (nSPS) is 16.2. The van der Waals surface area contributed by atoms with Gasteiger partial charge in [0.1, 0.15) is 5.00 Å². The van der Waals surface area contributed by atoms with Crippen LogP contribution in [0.15, 0.2) is 34.8 Å². The molecule has 27 heavy (non-hydrogen) atoms. The fraction of sp³-hybridized carbons (Fsp3) is 0.333. The van der Waals surface area contributed by atoms with Crippen molar-refractivity contribution in [3.63, 3.8) is 0 Å². The van der Waals surface area contributed by atoms with Gasteiger partial charge in [0.2, 0.25) is 5.91 Å². The van der Waals surface area contributed by atoms with E-state index in [4.69, 9.17) is 4.74 Å². The van der Waals surface area contributed by atoms with E-state index in [9.17, 15) is 9.59 Å². The molecule has 0 radical (unpaired) electrons. The average molecular weight is 448 g/mol. The first-order valence-corrected chi connectivity index (χ1v) is 10.6. The molecule has 1 unspecified atom stereocenters. The molecule has 1 aliphatic carbocycles. The predicted molar refractivity (Wildman–Crippen MR) is 113 cm³/mol. The number of carbonyl (C=O) groups excluding carboxylic acids is 2. The molecule has 1 N–H and O–H groups in total. The number of rotatable bonds is 5. The molecule has 1 atom stereocenters. The van der Waals surface area contributed by atoms with Crippen molar-refractivity contribution >= 4 is 50.2 Å². The van der Waals surface area contributed by atoms with Crippen LogP contribution in [0, 0.1) is 5.92 Å². The minimum absolute atomic E-state index is 0.255. The average Bonchev–Trinajstić information content (AvgIpc) is 2.98. The predicted octanol–water partition coefficient (Wildman–Crippen LogP) is 5.46. The smallest absolute Gasteiger partial charge is 0.341 e. The molecule has 1 aliphatic rings. The van der Waals surface area contributed by atoms with Crippen molar-refractivity contribution in [2.75, 3.05) is 11.9 Å². The number of thiophene rings is 1. The minimum atomic E-state index is -0.350. The Morgan fingerprint density at radius 2 is 2.07 bits per heavy atom. The summed E-state index contributed by atoms with van der Waals surface area (Å²) in [5.74, 6) is -0.0149. The van der Waals surface area contributed by atoms with E-state index in [1.807, 2.05) is 24.3 Å². The Hall–Kier alpha value is -1.92. The van der Waals surface area contributed by atoms with Gasteiger partial charge in [-0.15, -0.1) is 11.3 Å². The first-order valence-electron chi connectivity index (χ1n) is 9.04. The zero-order chi connectivity index (χ0) is 19.4. The van der Waals surface area contributed by atoms with Gasteiger partial charge in [-0.05, 0) is 61.4 Å². The van der Waals surface area contributed by atoms with E-state index in [1.54, 1.807) is 13.0 Å². The largest absolute Gasteiger partial charge is 0.462 e. The number of nitrogens with one attached hydrogen (secondary N) is 1. The van der Waals surface area contributed by atoms with Crippen LogP contribution in [0.25, 0.3) is 6.08 Å². The van der Waals surface area contributed by atoms with Crippen molar-refractivity contribution in [1.29, 1.82) is 0 Å². The van der Waals surface area contributed by atoms with Gasteiger partial charge in [-0.25, -0.2) is 4.79 Å². The van der Waals surface area contributed by atoms with Gasteiger partial charge >= 0.3 is 5.97 Å². The first-order chi connectivity index (χ1) is 13.0. The fourth-order valence-electron chi connectivity index (χ4n) is 3.16. The maximum absolute atomic E-state index is 12.5. The van der Waals surface area contributed by atoms with Gasteiger partial charge in [-0.1, -0.05) is 35.0 Å². The summed E-state index contributed by atoms with van der Waals surface area (Å²) in [7, 11) is 0. The summed E-state index contributed by atoms with van der Waals surface area (Å²) in [4.78, 5) is 26.1. The summed E-state index contributed by atoms with van der Waals surface area (Å²) in [5.41, 5.74) is 2.51. The lowest BCUT2D eigenvalue weighted by molar-refractivity contribution is -0.111. The van der Waals surface area contributed by atoms with Crippen molar-refractivity contribution in [1.82, 2.24) is 0 Å². The van der Waals surface area contributed by atoms with Crippen molar-refractivity contribution < 1.29 is 14.3 Å².